The van der Waals surface area contributed by atoms with E-state index in [1.54, 1.807) is 29.2 Å². The van der Waals surface area contributed by atoms with E-state index in [1.807, 2.05) is 0 Å². The first-order chi connectivity index (χ1) is 8.20. The molecule has 17 heavy (non-hydrogen) atoms. The van der Waals surface area contributed by atoms with E-state index in [1.165, 1.54) is 0 Å². The molecule has 5 nitrogen and oxygen atoms in total. The standard InChI is InChI=1S/C12H14N2O3/c13-11(15)9-3-1-2-4-10(9)12(16)14-5-7-17-8-6-14/h1-4H,5-8H2,(H2,13,15). The summed E-state index contributed by atoms with van der Waals surface area (Å²) in [6, 6.07) is 6.60. The molecule has 1 aliphatic rings. The van der Waals surface area contributed by atoms with Crippen LogP contribution in [-0.2, 0) is 4.74 Å². The number of nitrogens with two attached hydrogens (primary N) is 1. The van der Waals surface area contributed by atoms with Gasteiger partial charge in [0.1, 0.15) is 0 Å². The lowest BCUT2D eigenvalue weighted by atomic mass is 10.1. The van der Waals surface area contributed by atoms with E-state index in [0.717, 1.165) is 0 Å². The molecule has 0 unspecified atom stereocenters. The molecule has 2 amide bonds. The Morgan fingerprint density at radius 3 is 2.29 bits per heavy atom. The molecule has 1 fully saturated rings. The monoisotopic (exact) mass is 234 g/mol. The highest BCUT2D eigenvalue weighted by molar-refractivity contribution is 6.06. The fourth-order valence-electron chi connectivity index (χ4n) is 1.82. The smallest absolute Gasteiger partial charge is 0.254 e. The van der Waals surface area contributed by atoms with E-state index in [2.05, 4.69) is 0 Å². The summed E-state index contributed by atoms with van der Waals surface area (Å²) in [7, 11) is 0. The van der Waals surface area contributed by atoms with E-state index in [-0.39, 0.29) is 11.5 Å². The van der Waals surface area contributed by atoms with Crippen molar-refractivity contribution < 1.29 is 14.3 Å². The van der Waals surface area contributed by atoms with Crippen LogP contribution >= 0.6 is 0 Å². The highest BCUT2D eigenvalue weighted by atomic mass is 16.5. The molecule has 0 aromatic heterocycles. The number of hydrogen-bond donors (Lipinski definition) is 1. The lowest BCUT2D eigenvalue weighted by Crippen LogP contribution is -2.41. The molecule has 1 aliphatic heterocycles. The average Bonchev–Trinajstić information content (AvgIpc) is 2.39. The van der Waals surface area contributed by atoms with Crippen LogP contribution in [0.4, 0.5) is 0 Å². The van der Waals surface area contributed by atoms with Crippen molar-refractivity contribution in [2.75, 3.05) is 26.3 Å². The van der Waals surface area contributed by atoms with Gasteiger partial charge in [-0.2, -0.15) is 0 Å². The van der Waals surface area contributed by atoms with Crippen molar-refractivity contribution in [3.63, 3.8) is 0 Å². The molecule has 0 aliphatic carbocycles. The first-order valence-electron chi connectivity index (χ1n) is 5.46. The number of carbonyl (C=O) groups excluding carboxylic acids is 2. The van der Waals surface area contributed by atoms with Gasteiger partial charge in [-0.15, -0.1) is 0 Å². The van der Waals surface area contributed by atoms with Gasteiger partial charge in [-0.25, -0.2) is 0 Å². The summed E-state index contributed by atoms with van der Waals surface area (Å²) in [6.07, 6.45) is 0. The maximum atomic E-state index is 12.2. The number of amides is 2. The molecule has 1 aromatic rings. The lowest BCUT2D eigenvalue weighted by molar-refractivity contribution is 0.0302. The first kappa shape index (κ1) is 11.6. The molecule has 2 N–H and O–H groups in total. The summed E-state index contributed by atoms with van der Waals surface area (Å²) in [5, 5.41) is 0. The predicted octanol–water partition coefficient (Wildman–Crippen LogP) is 0.258. The number of ether oxygens (including phenoxy) is 1. The summed E-state index contributed by atoms with van der Waals surface area (Å²) in [5.74, 6) is -0.745. The largest absolute Gasteiger partial charge is 0.378 e. The van der Waals surface area contributed by atoms with Gasteiger partial charge in [0, 0.05) is 13.1 Å². The Morgan fingerprint density at radius 1 is 1.12 bits per heavy atom. The molecule has 0 bridgehead atoms. The van der Waals surface area contributed by atoms with Crippen LogP contribution < -0.4 is 5.73 Å². The van der Waals surface area contributed by atoms with E-state index in [0.29, 0.717) is 31.9 Å². The zero-order chi connectivity index (χ0) is 12.3. The predicted molar refractivity (Wildman–Crippen MR) is 61.7 cm³/mol. The van der Waals surface area contributed by atoms with Gasteiger partial charge in [-0.05, 0) is 12.1 Å². The summed E-state index contributed by atoms with van der Waals surface area (Å²) in [4.78, 5) is 25.1. The van der Waals surface area contributed by atoms with Crippen molar-refractivity contribution in [3.8, 4) is 0 Å². The Bertz CT molecular complexity index is 439. The van der Waals surface area contributed by atoms with Gasteiger partial charge >= 0.3 is 0 Å². The third-order valence-electron chi connectivity index (χ3n) is 2.72. The first-order valence-corrected chi connectivity index (χ1v) is 5.46. The highest BCUT2D eigenvalue weighted by Gasteiger charge is 2.22. The summed E-state index contributed by atoms with van der Waals surface area (Å²) in [6.45, 7) is 2.16. The number of nitrogens with zero attached hydrogens (tertiary/aromatic N) is 1. The number of primary amides is 1. The maximum absolute atomic E-state index is 12.2. The SMILES string of the molecule is NC(=O)c1ccccc1C(=O)N1CCOCC1. The zero-order valence-electron chi connectivity index (χ0n) is 9.39. The van der Waals surface area contributed by atoms with Gasteiger partial charge in [0.2, 0.25) is 5.91 Å². The van der Waals surface area contributed by atoms with Crippen molar-refractivity contribution >= 4 is 11.8 Å². The minimum Gasteiger partial charge on any atom is -0.378 e. The van der Waals surface area contributed by atoms with E-state index < -0.39 is 5.91 Å². The van der Waals surface area contributed by atoms with Crippen molar-refractivity contribution in [1.29, 1.82) is 0 Å². The minimum atomic E-state index is -0.581. The second kappa shape index (κ2) is 4.97. The molecule has 1 heterocycles. The van der Waals surface area contributed by atoms with Crippen LogP contribution in [-0.4, -0.2) is 43.0 Å². The second-order valence-corrected chi connectivity index (χ2v) is 3.81. The molecular formula is C12H14N2O3. The van der Waals surface area contributed by atoms with E-state index in [9.17, 15) is 9.59 Å². The molecule has 0 atom stereocenters. The summed E-state index contributed by atoms with van der Waals surface area (Å²) in [5.41, 5.74) is 5.88. The van der Waals surface area contributed by atoms with Gasteiger partial charge in [-0.1, -0.05) is 12.1 Å². The quantitative estimate of drug-likeness (QED) is 0.797. The summed E-state index contributed by atoms with van der Waals surface area (Å²) >= 11 is 0. The Hall–Kier alpha value is -1.88. The van der Waals surface area contributed by atoms with Crippen LogP contribution in [0.1, 0.15) is 20.7 Å². The molecule has 90 valence electrons. The normalized spacial score (nSPS) is 15.6. The van der Waals surface area contributed by atoms with Crippen molar-refractivity contribution in [2.24, 2.45) is 5.73 Å². The maximum Gasteiger partial charge on any atom is 0.254 e. The van der Waals surface area contributed by atoms with Gasteiger partial charge in [0.25, 0.3) is 5.91 Å². The molecule has 1 saturated heterocycles. The third kappa shape index (κ3) is 2.45. The number of hydrogen-bond acceptors (Lipinski definition) is 3. The summed E-state index contributed by atoms with van der Waals surface area (Å²) < 4.78 is 5.18. The zero-order valence-corrected chi connectivity index (χ0v) is 9.39. The average molecular weight is 234 g/mol. The number of morpholine rings is 1. The molecule has 1 aromatic carbocycles. The van der Waals surface area contributed by atoms with Crippen molar-refractivity contribution in [1.82, 2.24) is 4.90 Å². The molecule has 0 radical (unpaired) electrons. The van der Waals surface area contributed by atoms with Gasteiger partial charge in [0.15, 0.2) is 0 Å². The highest BCUT2D eigenvalue weighted by Crippen LogP contribution is 2.12. The Balaban J connectivity index is 2.26. The fraction of sp³-hybridized carbons (Fsp3) is 0.333. The van der Waals surface area contributed by atoms with E-state index in [4.69, 9.17) is 10.5 Å². The van der Waals surface area contributed by atoms with Crippen LogP contribution in [0.3, 0.4) is 0 Å². The van der Waals surface area contributed by atoms with Crippen LogP contribution in [0.5, 0.6) is 0 Å². The van der Waals surface area contributed by atoms with Gasteiger partial charge < -0.3 is 15.4 Å². The topological polar surface area (TPSA) is 72.6 Å². The Labute approximate surface area is 99.2 Å². The lowest BCUT2D eigenvalue weighted by Gasteiger charge is -2.27. The third-order valence-corrected chi connectivity index (χ3v) is 2.72. The molecule has 0 spiro atoms. The number of benzene rings is 1. The van der Waals surface area contributed by atoms with Crippen molar-refractivity contribution in [3.05, 3.63) is 35.4 Å². The number of rotatable bonds is 2. The second-order valence-electron chi connectivity index (χ2n) is 3.81. The van der Waals surface area contributed by atoms with Crippen LogP contribution in [0, 0.1) is 0 Å². The molecular weight excluding hydrogens is 220 g/mol. The van der Waals surface area contributed by atoms with Crippen LogP contribution in [0.25, 0.3) is 0 Å². The van der Waals surface area contributed by atoms with Crippen molar-refractivity contribution in [2.45, 2.75) is 0 Å². The van der Waals surface area contributed by atoms with Crippen LogP contribution in [0.15, 0.2) is 24.3 Å². The number of carbonyl (C=O) groups is 2. The molecule has 0 saturated carbocycles. The van der Waals surface area contributed by atoms with E-state index >= 15 is 0 Å². The van der Waals surface area contributed by atoms with Gasteiger partial charge in [-0.3, -0.25) is 9.59 Å². The minimum absolute atomic E-state index is 0.164. The molecule has 2 rings (SSSR count). The fourth-order valence-corrected chi connectivity index (χ4v) is 1.82. The Morgan fingerprint density at radius 2 is 1.71 bits per heavy atom. The molecule has 5 heteroatoms. The Kier molecular flexibility index (Phi) is 3.39. The van der Waals surface area contributed by atoms with Gasteiger partial charge in [0.05, 0.1) is 24.3 Å². The van der Waals surface area contributed by atoms with Crippen LogP contribution in [0.2, 0.25) is 0 Å².